The SMILES string of the molecule is COC(=O)C1(C=Nc2ccccc2)C(c2ccccc2)=NN(c2ccc(Cl)cc2)N=C1c1ccccc1. The van der Waals surface area contributed by atoms with E-state index in [0.717, 1.165) is 11.1 Å². The monoisotopic (exact) mass is 506 g/mol. The zero-order valence-electron chi connectivity index (χ0n) is 20.0. The van der Waals surface area contributed by atoms with Crippen molar-refractivity contribution in [2.75, 3.05) is 12.2 Å². The first-order valence-corrected chi connectivity index (χ1v) is 12.0. The molecule has 0 radical (unpaired) electrons. The second-order valence-corrected chi connectivity index (χ2v) is 8.72. The van der Waals surface area contributed by atoms with Gasteiger partial charge in [0.2, 0.25) is 0 Å². The highest BCUT2D eigenvalue weighted by Gasteiger charge is 2.52. The highest BCUT2D eigenvalue weighted by Crippen LogP contribution is 2.36. The van der Waals surface area contributed by atoms with Crippen LogP contribution in [-0.2, 0) is 9.53 Å². The molecule has 5 rings (SSSR count). The van der Waals surface area contributed by atoms with Gasteiger partial charge in [0.25, 0.3) is 0 Å². The van der Waals surface area contributed by atoms with Crippen LogP contribution >= 0.6 is 11.6 Å². The van der Waals surface area contributed by atoms with Crippen LogP contribution in [0.1, 0.15) is 11.1 Å². The van der Waals surface area contributed by atoms with E-state index in [9.17, 15) is 4.79 Å². The molecule has 4 aromatic rings. The smallest absolute Gasteiger partial charge is 0.329 e. The van der Waals surface area contributed by atoms with Crippen molar-refractivity contribution in [3.8, 4) is 0 Å². The van der Waals surface area contributed by atoms with Gasteiger partial charge in [0.15, 0.2) is 5.41 Å². The number of benzene rings is 4. The Hall–Kier alpha value is -4.55. The van der Waals surface area contributed by atoms with Gasteiger partial charge in [-0.3, -0.25) is 9.79 Å². The summed E-state index contributed by atoms with van der Waals surface area (Å²) in [7, 11) is 1.36. The highest BCUT2D eigenvalue weighted by atomic mass is 35.5. The van der Waals surface area contributed by atoms with Crippen molar-refractivity contribution in [3.05, 3.63) is 131 Å². The zero-order valence-corrected chi connectivity index (χ0v) is 20.8. The summed E-state index contributed by atoms with van der Waals surface area (Å²) < 4.78 is 5.41. The van der Waals surface area contributed by atoms with E-state index in [-0.39, 0.29) is 0 Å². The predicted octanol–water partition coefficient (Wildman–Crippen LogP) is 6.53. The van der Waals surface area contributed by atoms with Crippen molar-refractivity contribution in [2.24, 2.45) is 20.6 Å². The first-order valence-electron chi connectivity index (χ1n) is 11.7. The molecule has 0 aromatic heterocycles. The summed E-state index contributed by atoms with van der Waals surface area (Å²) in [5.74, 6) is -0.548. The third kappa shape index (κ3) is 4.79. The van der Waals surface area contributed by atoms with Gasteiger partial charge in [-0.2, -0.15) is 15.3 Å². The van der Waals surface area contributed by atoms with E-state index in [1.807, 2.05) is 103 Å². The number of anilines is 1. The largest absolute Gasteiger partial charge is 0.468 e. The van der Waals surface area contributed by atoms with Crippen LogP contribution in [-0.4, -0.2) is 30.7 Å². The number of esters is 1. The number of hydrogen-bond acceptors (Lipinski definition) is 6. The molecule has 4 aromatic carbocycles. The van der Waals surface area contributed by atoms with Crippen molar-refractivity contribution in [1.29, 1.82) is 0 Å². The molecule has 0 spiro atoms. The minimum atomic E-state index is -1.53. The molecule has 0 saturated heterocycles. The Morgan fingerprint density at radius 2 is 1.27 bits per heavy atom. The van der Waals surface area contributed by atoms with Crippen molar-refractivity contribution >= 4 is 46.6 Å². The maximum absolute atomic E-state index is 13.9. The van der Waals surface area contributed by atoms with Crippen LogP contribution in [0.3, 0.4) is 0 Å². The molecule has 37 heavy (non-hydrogen) atoms. The summed E-state index contributed by atoms with van der Waals surface area (Å²) in [4.78, 5) is 18.6. The van der Waals surface area contributed by atoms with E-state index >= 15 is 0 Å². The van der Waals surface area contributed by atoms with Gasteiger partial charge in [-0.1, -0.05) is 90.5 Å². The van der Waals surface area contributed by atoms with Crippen LogP contribution in [0.15, 0.2) is 130 Å². The van der Waals surface area contributed by atoms with E-state index in [4.69, 9.17) is 31.5 Å². The Labute approximate surface area is 220 Å². The van der Waals surface area contributed by atoms with E-state index in [1.165, 1.54) is 12.2 Å². The number of carbonyl (C=O) groups is 1. The number of aliphatic imine (C=N–C) groups is 1. The Morgan fingerprint density at radius 3 is 1.76 bits per heavy atom. The van der Waals surface area contributed by atoms with Gasteiger partial charge in [-0.05, 0) is 47.5 Å². The number of para-hydroxylation sites is 1. The van der Waals surface area contributed by atoms with Gasteiger partial charge in [0.1, 0.15) is 0 Å². The lowest BCUT2D eigenvalue weighted by Gasteiger charge is -2.35. The Bertz CT molecular complexity index is 1410. The molecule has 0 N–H and O–H groups in total. The average molecular weight is 507 g/mol. The molecule has 0 amide bonds. The van der Waals surface area contributed by atoms with Gasteiger partial charge >= 0.3 is 5.97 Å². The van der Waals surface area contributed by atoms with Crippen LogP contribution in [0.25, 0.3) is 0 Å². The van der Waals surface area contributed by atoms with Gasteiger partial charge in [-0.25, -0.2) is 0 Å². The summed E-state index contributed by atoms with van der Waals surface area (Å²) in [6, 6.07) is 35.6. The molecular formula is C30H23ClN4O2. The second kappa shape index (κ2) is 10.6. The molecule has 0 aliphatic carbocycles. The van der Waals surface area contributed by atoms with Gasteiger partial charge in [0.05, 0.1) is 29.9 Å². The first kappa shape index (κ1) is 24.2. The fraction of sp³-hybridized carbons (Fsp3) is 0.0667. The summed E-state index contributed by atoms with van der Waals surface area (Å²) in [5, 5.41) is 11.9. The van der Waals surface area contributed by atoms with Crippen LogP contribution in [0.4, 0.5) is 11.4 Å². The van der Waals surface area contributed by atoms with Gasteiger partial charge in [-0.15, -0.1) is 0 Å². The Morgan fingerprint density at radius 1 is 0.784 bits per heavy atom. The number of carbonyl (C=O) groups excluding carboxylic acids is 1. The van der Waals surface area contributed by atoms with Crippen molar-refractivity contribution in [1.82, 2.24) is 0 Å². The molecule has 182 valence electrons. The molecular weight excluding hydrogens is 484 g/mol. The van der Waals surface area contributed by atoms with E-state index in [0.29, 0.717) is 27.8 Å². The van der Waals surface area contributed by atoms with E-state index in [1.54, 1.807) is 18.3 Å². The zero-order chi connectivity index (χ0) is 25.7. The van der Waals surface area contributed by atoms with Crippen LogP contribution in [0.5, 0.6) is 0 Å². The molecule has 6 nitrogen and oxygen atoms in total. The van der Waals surface area contributed by atoms with Crippen LogP contribution < -0.4 is 5.12 Å². The fourth-order valence-electron chi connectivity index (χ4n) is 4.15. The van der Waals surface area contributed by atoms with Crippen LogP contribution in [0, 0.1) is 5.41 Å². The lowest BCUT2D eigenvalue weighted by molar-refractivity contribution is -0.142. The normalized spacial score (nSPS) is 14.7. The first-order chi connectivity index (χ1) is 18.1. The molecule has 0 unspecified atom stereocenters. The number of methoxy groups -OCH3 is 1. The van der Waals surface area contributed by atoms with Crippen molar-refractivity contribution in [2.45, 2.75) is 0 Å². The standard InChI is InChI=1S/C30H23ClN4O2/c1-37-29(36)30(21-32-25-15-9-4-10-16-25)27(22-11-5-2-6-12-22)33-35(26-19-17-24(31)18-20-26)34-28(30)23-13-7-3-8-14-23/h2-21H,1H3. The molecule has 1 heterocycles. The molecule has 0 fully saturated rings. The highest BCUT2D eigenvalue weighted by molar-refractivity contribution is 6.43. The second-order valence-electron chi connectivity index (χ2n) is 8.29. The number of rotatable bonds is 6. The third-order valence-corrected chi connectivity index (χ3v) is 6.21. The molecule has 1 aliphatic heterocycles. The van der Waals surface area contributed by atoms with Crippen LogP contribution in [0.2, 0.25) is 5.02 Å². The maximum atomic E-state index is 13.9. The third-order valence-electron chi connectivity index (χ3n) is 5.96. The lowest BCUT2D eigenvalue weighted by Crippen LogP contribution is -2.53. The number of hydrogen-bond donors (Lipinski definition) is 0. The van der Waals surface area contributed by atoms with E-state index in [2.05, 4.69) is 0 Å². The molecule has 7 heteroatoms. The lowest BCUT2D eigenvalue weighted by atomic mass is 9.73. The minimum Gasteiger partial charge on any atom is -0.468 e. The number of hydrazone groups is 2. The predicted molar refractivity (Wildman–Crippen MR) is 149 cm³/mol. The Balaban J connectivity index is 1.81. The maximum Gasteiger partial charge on any atom is 0.329 e. The summed E-state index contributed by atoms with van der Waals surface area (Å²) in [6.07, 6.45) is 1.59. The van der Waals surface area contributed by atoms with Gasteiger partial charge < -0.3 is 4.74 Å². The minimum absolute atomic E-state index is 0.434. The van der Waals surface area contributed by atoms with E-state index < -0.39 is 11.4 Å². The van der Waals surface area contributed by atoms with Crippen molar-refractivity contribution < 1.29 is 9.53 Å². The van der Waals surface area contributed by atoms with Crippen molar-refractivity contribution in [3.63, 3.8) is 0 Å². The fourth-order valence-corrected chi connectivity index (χ4v) is 4.28. The summed E-state index contributed by atoms with van der Waals surface area (Å²) in [5.41, 5.74) is 2.17. The molecule has 1 aliphatic rings. The topological polar surface area (TPSA) is 66.6 Å². The molecule has 0 bridgehead atoms. The molecule has 0 atom stereocenters. The Kier molecular flexibility index (Phi) is 6.92. The summed E-state index contributed by atoms with van der Waals surface area (Å²) >= 11 is 6.14. The number of ether oxygens (including phenoxy) is 1. The number of nitrogens with zero attached hydrogens (tertiary/aromatic N) is 4. The number of halogens is 1. The average Bonchev–Trinajstić information content (AvgIpc) is 2.97. The molecule has 0 saturated carbocycles. The van der Waals surface area contributed by atoms with Gasteiger partial charge in [0, 0.05) is 11.2 Å². The summed E-state index contributed by atoms with van der Waals surface area (Å²) in [6.45, 7) is 0. The quantitative estimate of drug-likeness (QED) is 0.220.